The molecule has 0 atom stereocenters. The van der Waals surface area contributed by atoms with Gasteiger partial charge in [-0.1, -0.05) is 0 Å². The molecule has 10 heteroatoms. The van der Waals surface area contributed by atoms with Crippen LogP contribution in [-0.2, 0) is 7.05 Å². The summed E-state index contributed by atoms with van der Waals surface area (Å²) in [5.74, 6) is 0.901. The second-order valence-electron chi connectivity index (χ2n) is 9.17. The third-order valence-electron chi connectivity index (χ3n) is 5.18. The summed E-state index contributed by atoms with van der Waals surface area (Å²) in [5, 5.41) is 10.9. The smallest absolute Gasteiger partial charge is 0.257 e. The fourth-order valence-electron chi connectivity index (χ4n) is 3.61. The Morgan fingerprint density at radius 2 is 1.72 bits per heavy atom. The number of nitrogens with zero attached hydrogens (tertiary/aromatic N) is 3. The lowest BCUT2D eigenvalue weighted by molar-refractivity contribution is 0.0920. The maximum absolute atomic E-state index is 15.1. The fourth-order valence-corrected chi connectivity index (χ4v) is 3.61. The number of carbonyl (C=O) groups is 1. The summed E-state index contributed by atoms with van der Waals surface area (Å²) in [6.07, 6.45) is 3.18. The zero-order chi connectivity index (χ0) is 26.0. The van der Waals surface area contributed by atoms with Gasteiger partial charge in [-0.05, 0) is 45.0 Å². The minimum Gasteiger partial charge on any atom is -0.493 e. The Kier molecular flexibility index (Phi) is 6.69. The Morgan fingerprint density at radius 3 is 2.39 bits per heavy atom. The molecule has 36 heavy (non-hydrogen) atoms. The van der Waals surface area contributed by atoms with E-state index in [1.165, 1.54) is 23.9 Å². The molecule has 2 aromatic carbocycles. The van der Waals surface area contributed by atoms with Gasteiger partial charge in [0.25, 0.3) is 5.91 Å². The molecule has 0 aliphatic carbocycles. The third kappa shape index (κ3) is 5.32. The number of halogens is 1. The number of anilines is 2. The number of carbonyl (C=O) groups excluding carboxylic acids is 1. The van der Waals surface area contributed by atoms with Gasteiger partial charge in [-0.25, -0.2) is 4.39 Å². The van der Waals surface area contributed by atoms with Crippen LogP contribution >= 0.6 is 0 Å². The monoisotopic (exact) mass is 493 g/mol. The molecular formula is C26H28FN5O4. The first-order valence-electron chi connectivity index (χ1n) is 11.2. The van der Waals surface area contributed by atoms with Gasteiger partial charge in [-0.3, -0.25) is 14.5 Å². The average molecular weight is 494 g/mol. The number of ether oxygens (including phenoxy) is 3. The van der Waals surface area contributed by atoms with E-state index in [-0.39, 0.29) is 11.7 Å². The highest BCUT2D eigenvalue weighted by Gasteiger charge is 2.21. The van der Waals surface area contributed by atoms with Crippen molar-refractivity contribution in [3.63, 3.8) is 0 Å². The number of hydrogen-bond acceptors (Lipinski definition) is 7. The molecule has 4 aromatic rings. The maximum Gasteiger partial charge on any atom is 0.257 e. The van der Waals surface area contributed by atoms with Gasteiger partial charge >= 0.3 is 0 Å². The van der Waals surface area contributed by atoms with Crippen LogP contribution < -0.4 is 24.8 Å². The van der Waals surface area contributed by atoms with Crippen LogP contribution in [0.25, 0.3) is 10.9 Å². The molecule has 0 fully saturated rings. The zero-order valence-corrected chi connectivity index (χ0v) is 21.0. The highest BCUT2D eigenvalue weighted by Crippen LogP contribution is 2.37. The molecule has 0 aliphatic heterocycles. The van der Waals surface area contributed by atoms with E-state index in [2.05, 4.69) is 20.7 Å². The number of methoxy groups -OCH3 is 2. The van der Waals surface area contributed by atoms with Gasteiger partial charge in [0.15, 0.2) is 28.9 Å². The Bertz CT molecular complexity index is 1430. The fraction of sp³-hybridized carbons (Fsp3) is 0.269. The largest absolute Gasteiger partial charge is 0.493 e. The first kappa shape index (κ1) is 24.8. The number of rotatable bonds is 7. The van der Waals surface area contributed by atoms with E-state index in [9.17, 15) is 4.79 Å². The predicted molar refractivity (Wildman–Crippen MR) is 135 cm³/mol. The minimum atomic E-state index is -0.595. The standard InChI is InChI=1S/C26H28FN5O4/c1-26(2,3)30-25(33)17-14-32(4)31-24(17)29-15-7-8-21(18(27)11-15)36-20-9-10-28-19-13-23(35-6)22(34-5)12-16(19)20/h7-14H,1-6H3,(H,29,31)(H,30,33). The lowest BCUT2D eigenvalue weighted by Gasteiger charge is -2.20. The number of nitrogens with one attached hydrogen (secondary N) is 2. The van der Waals surface area contributed by atoms with Crippen LogP contribution in [0.15, 0.2) is 48.8 Å². The van der Waals surface area contributed by atoms with Crippen molar-refractivity contribution in [2.24, 2.45) is 7.05 Å². The summed E-state index contributed by atoms with van der Waals surface area (Å²) in [7, 11) is 4.78. The molecule has 0 spiro atoms. The second-order valence-corrected chi connectivity index (χ2v) is 9.17. The van der Waals surface area contributed by atoms with E-state index in [4.69, 9.17) is 14.2 Å². The van der Waals surface area contributed by atoms with Crippen molar-refractivity contribution >= 4 is 28.3 Å². The number of fused-ring (bicyclic) bond motifs is 1. The molecule has 0 aliphatic rings. The van der Waals surface area contributed by atoms with Crippen molar-refractivity contribution in [2.45, 2.75) is 26.3 Å². The lowest BCUT2D eigenvalue weighted by Crippen LogP contribution is -2.40. The Balaban J connectivity index is 1.59. The van der Waals surface area contributed by atoms with Crippen LogP contribution in [0.3, 0.4) is 0 Å². The van der Waals surface area contributed by atoms with Crippen molar-refractivity contribution in [1.82, 2.24) is 20.1 Å². The lowest BCUT2D eigenvalue weighted by atomic mass is 10.1. The molecule has 1 amide bonds. The molecule has 0 unspecified atom stereocenters. The Labute approximate surface area is 208 Å². The summed E-state index contributed by atoms with van der Waals surface area (Å²) in [5.41, 5.74) is 0.955. The van der Waals surface area contributed by atoms with Gasteiger partial charge in [0.05, 0.1) is 19.7 Å². The molecular weight excluding hydrogens is 465 g/mol. The Hall–Kier alpha value is -4.34. The van der Waals surface area contributed by atoms with Gasteiger partial charge < -0.3 is 24.8 Å². The molecule has 2 aromatic heterocycles. The van der Waals surface area contributed by atoms with Gasteiger partial charge in [-0.2, -0.15) is 5.10 Å². The maximum atomic E-state index is 15.1. The third-order valence-corrected chi connectivity index (χ3v) is 5.18. The van der Waals surface area contributed by atoms with Crippen molar-refractivity contribution in [2.75, 3.05) is 19.5 Å². The van der Waals surface area contributed by atoms with Gasteiger partial charge in [-0.15, -0.1) is 0 Å². The molecule has 4 rings (SSSR count). The van der Waals surface area contributed by atoms with Crippen LogP contribution in [0, 0.1) is 5.82 Å². The van der Waals surface area contributed by atoms with Crippen LogP contribution in [0.4, 0.5) is 15.9 Å². The average Bonchev–Trinajstić information content (AvgIpc) is 3.19. The Morgan fingerprint density at radius 1 is 1.00 bits per heavy atom. The van der Waals surface area contributed by atoms with Gasteiger partial charge in [0.1, 0.15) is 11.3 Å². The molecule has 2 heterocycles. The number of aryl methyl sites for hydroxylation is 1. The topological polar surface area (TPSA) is 99.5 Å². The summed E-state index contributed by atoms with van der Waals surface area (Å²) in [4.78, 5) is 17.0. The van der Waals surface area contributed by atoms with E-state index in [1.807, 2.05) is 20.8 Å². The SMILES string of the molecule is COc1cc2nccc(Oc3ccc(Nc4nn(C)cc4C(=O)NC(C)(C)C)cc3F)c2cc1OC. The summed E-state index contributed by atoms with van der Waals surface area (Å²) >= 11 is 0. The van der Waals surface area contributed by atoms with E-state index in [1.54, 1.807) is 50.8 Å². The van der Waals surface area contributed by atoms with Crippen LogP contribution in [0.2, 0.25) is 0 Å². The van der Waals surface area contributed by atoms with Crippen LogP contribution in [0.1, 0.15) is 31.1 Å². The quantitative estimate of drug-likeness (QED) is 0.366. The number of pyridine rings is 1. The van der Waals surface area contributed by atoms with Crippen LogP contribution in [0.5, 0.6) is 23.0 Å². The van der Waals surface area contributed by atoms with Crippen molar-refractivity contribution in [3.8, 4) is 23.0 Å². The highest BCUT2D eigenvalue weighted by molar-refractivity contribution is 5.99. The second kappa shape index (κ2) is 9.73. The molecule has 0 bridgehead atoms. The first-order chi connectivity index (χ1) is 17.1. The summed E-state index contributed by atoms with van der Waals surface area (Å²) in [6, 6.07) is 9.53. The molecule has 2 N–H and O–H groups in total. The van der Waals surface area contributed by atoms with Gasteiger partial charge in [0.2, 0.25) is 0 Å². The molecule has 0 saturated heterocycles. The van der Waals surface area contributed by atoms with Gasteiger partial charge in [0, 0.05) is 48.2 Å². The highest BCUT2D eigenvalue weighted by atomic mass is 19.1. The molecule has 0 radical (unpaired) electrons. The molecule has 0 saturated carbocycles. The van der Waals surface area contributed by atoms with E-state index in [0.717, 1.165) is 0 Å². The molecule has 188 valence electrons. The number of hydrogen-bond donors (Lipinski definition) is 2. The normalized spacial score (nSPS) is 11.3. The zero-order valence-electron chi connectivity index (χ0n) is 21.0. The van der Waals surface area contributed by atoms with E-state index >= 15 is 4.39 Å². The minimum absolute atomic E-state index is 0.0227. The van der Waals surface area contributed by atoms with Crippen molar-refractivity contribution in [3.05, 3.63) is 60.2 Å². The predicted octanol–water partition coefficient (Wildman–Crippen LogP) is 5.19. The van der Waals surface area contributed by atoms with Crippen molar-refractivity contribution in [1.29, 1.82) is 0 Å². The van der Waals surface area contributed by atoms with E-state index < -0.39 is 11.4 Å². The van der Waals surface area contributed by atoms with E-state index in [0.29, 0.717) is 45.2 Å². The summed E-state index contributed by atoms with van der Waals surface area (Å²) in [6.45, 7) is 5.67. The number of benzene rings is 2. The number of amides is 1. The summed E-state index contributed by atoms with van der Waals surface area (Å²) < 4.78 is 33.2. The van der Waals surface area contributed by atoms with Crippen molar-refractivity contribution < 1.29 is 23.4 Å². The van der Waals surface area contributed by atoms with Crippen LogP contribution in [-0.4, -0.2) is 40.4 Å². The number of aromatic nitrogens is 3. The first-order valence-corrected chi connectivity index (χ1v) is 11.2. The molecule has 9 nitrogen and oxygen atoms in total.